The smallest absolute Gasteiger partial charge is 0.242 e. The Morgan fingerprint density at radius 3 is 1.35 bits per heavy atom. The fourth-order valence-corrected chi connectivity index (χ4v) is 8.47. The van der Waals surface area contributed by atoms with Crippen molar-refractivity contribution in [1.82, 2.24) is 50.7 Å². The number of amides is 3. The second-order valence-electron chi connectivity index (χ2n) is 19.9. The quantitative estimate of drug-likeness (QED) is 0.147. The largest absolute Gasteiger partial charge is 0.368 e. The van der Waals surface area contributed by atoms with Crippen molar-refractivity contribution in [1.29, 1.82) is 0 Å². The third kappa shape index (κ3) is 18.9. The lowest BCUT2D eigenvalue weighted by Crippen LogP contribution is -2.63. The van der Waals surface area contributed by atoms with E-state index >= 15 is 0 Å². The molecule has 0 saturated carbocycles. The molecule has 3 amide bonds. The zero-order chi connectivity index (χ0) is 43.8. The van der Waals surface area contributed by atoms with Crippen LogP contribution in [0.2, 0.25) is 0 Å². The van der Waals surface area contributed by atoms with Gasteiger partial charge in [0.2, 0.25) is 17.7 Å². The molecule has 14 nitrogen and oxygen atoms in total. The Morgan fingerprint density at radius 1 is 0.614 bits per heavy atom. The number of carbonyl (C=O) groups excluding carboxylic acids is 3. The summed E-state index contributed by atoms with van der Waals surface area (Å²) in [7, 11) is 16.5. The number of likely N-dealkylation sites (N-methyl/N-ethyl adjacent to an activating group) is 1. The van der Waals surface area contributed by atoms with Crippen molar-refractivity contribution in [3.63, 3.8) is 0 Å². The van der Waals surface area contributed by atoms with Gasteiger partial charge in [-0.1, -0.05) is 13.8 Å². The number of likely N-dealkylation sites (tertiary alicyclic amines) is 3. The van der Waals surface area contributed by atoms with Crippen molar-refractivity contribution in [3.8, 4) is 0 Å². The molecule has 0 aromatic rings. The molecule has 3 fully saturated rings. The predicted molar refractivity (Wildman–Crippen MR) is 239 cm³/mol. The summed E-state index contributed by atoms with van der Waals surface area (Å²) in [6.45, 7) is 26.2. The number of rotatable bonds is 17. The topological polar surface area (TPSA) is 145 Å². The van der Waals surface area contributed by atoms with Gasteiger partial charge in [-0.15, -0.1) is 0 Å². The van der Waals surface area contributed by atoms with E-state index in [1.165, 1.54) is 0 Å². The molecule has 3 rings (SSSR count). The summed E-state index contributed by atoms with van der Waals surface area (Å²) >= 11 is 0. The van der Waals surface area contributed by atoms with E-state index in [1.807, 2.05) is 25.8 Å². The van der Waals surface area contributed by atoms with Gasteiger partial charge in [0.25, 0.3) is 0 Å². The van der Waals surface area contributed by atoms with Crippen molar-refractivity contribution < 1.29 is 14.4 Å². The molecule has 57 heavy (non-hydrogen) atoms. The first-order chi connectivity index (χ1) is 26.3. The Bertz CT molecular complexity index is 1170. The third-order valence-corrected chi connectivity index (χ3v) is 11.4. The second-order valence-corrected chi connectivity index (χ2v) is 19.9. The van der Waals surface area contributed by atoms with E-state index in [1.54, 1.807) is 0 Å². The SMILES string of the molecule is CC(C)NC1(C(=O)N(C)CCCN(C)C)CCN(C)CC1.CC(C)NC1(C(=O)NCC(C)(C)CN(C)C)CCN(C)CC1.CC(C)NC1(C(N)=O)CCN(C)CC1. The number of hydrogen-bond donors (Lipinski definition) is 5. The van der Waals surface area contributed by atoms with Gasteiger partial charge < -0.3 is 56.4 Å². The summed E-state index contributed by atoms with van der Waals surface area (Å²) in [5, 5.41) is 13.6. The van der Waals surface area contributed by atoms with Crippen LogP contribution in [0.5, 0.6) is 0 Å². The molecule has 14 heteroatoms. The first-order valence-corrected chi connectivity index (χ1v) is 21.8. The summed E-state index contributed by atoms with van der Waals surface area (Å²) in [5.74, 6) is 0.225. The molecule has 0 radical (unpaired) electrons. The van der Waals surface area contributed by atoms with Crippen LogP contribution in [-0.2, 0) is 14.4 Å². The molecule has 3 aliphatic heterocycles. The molecule has 3 saturated heterocycles. The number of piperidine rings is 3. The Morgan fingerprint density at radius 2 is 0.982 bits per heavy atom. The summed E-state index contributed by atoms with van der Waals surface area (Å²) in [6.07, 6.45) is 6.21. The molecule has 0 spiro atoms. The standard InChI is InChI=1S/C17H36N4O.C16H34N4O.C10H21N3O/c1-14(2)19-17(8-10-21(7)11-9-17)15(22)18-12-16(3,4)13-20(5)6;1-14(2)17-16(8-12-19(5)13-9-16)15(21)20(6)11-7-10-18(3)4;1-8(2)12-10(9(11)14)4-6-13(3)7-5-10/h14,19H,8-13H2,1-7H3,(H,18,22);14,17H,7-13H2,1-6H3;8,12H,4-7H2,1-3H3,(H2,11,14). The predicted octanol–water partition coefficient (Wildman–Crippen LogP) is 1.95. The van der Waals surface area contributed by atoms with Crippen LogP contribution in [0, 0.1) is 5.41 Å². The number of hydrogen-bond acceptors (Lipinski definition) is 11. The molecule has 0 aromatic carbocycles. The van der Waals surface area contributed by atoms with Crippen LogP contribution in [0.4, 0.5) is 0 Å². The van der Waals surface area contributed by atoms with Crippen LogP contribution in [-0.4, -0.2) is 204 Å². The maximum Gasteiger partial charge on any atom is 0.242 e. The highest BCUT2D eigenvalue weighted by Gasteiger charge is 2.43. The Balaban J connectivity index is 0.000000438. The van der Waals surface area contributed by atoms with Crippen LogP contribution in [0.25, 0.3) is 0 Å². The average Bonchev–Trinajstić information content (AvgIpc) is 3.09. The molecule has 0 aromatic heterocycles. The van der Waals surface area contributed by atoms with E-state index in [2.05, 4.69) is 137 Å². The molecule has 0 bridgehead atoms. The van der Waals surface area contributed by atoms with Crippen molar-refractivity contribution in [2.45, 2.75) is 135 Å². The highest BCUT2D eigenvalue weighted by molar-refractivity contribution is 5.87. The van der Waals surface area contributed by atoms with E-state index < -0.39 is 11.1 Å². The van der Waals surface area contributed by atoms with Gasteiger partial charge in [0.05, 0.1) is 0 Å². The maximum atomic E-state index is 13.0. The molecule has 0 atom stereocenters. The van der Waals surface area contributed by atoms with E-state index in [4.69, 9.17) is 5.73 Å². The molecule has 0 unspecified atom stereocenters. The van der Waals surface area contributed by atoms with E-state index in [9.17, 15) is 14.4 Å². The zero-order valence-electron chi connectivity index (χ0n) is 39.7. The van der Waals surface area contributed by atoms with Crippen LogP contribution in [0.1, 0.15) is 100 Å². The highest BCUT2D eigenvalue weighted by atomic mass is 16.2. The zero-order valence-corrected chi connectivity index (χ0v) is 39.7. The number of nitrogens with zero attached hydrogens (tertiary/aromatic N) is 6. The Labute approximate surface area is 350 Å². The average molecular weight is 810 g/mol. The second kappa shape index (κ2) is 24.4. The fraction of sp³-hybridized carbons (Fsp3) is 0.930. The maximum absolute atomic E-state index is 13.0. The number of nitrogens with two attached hydrogens (primary N) is 1. The molecule has 336 valence electrons. The molecule has 0 aliphatic carbocycles. The van der Waals surface area contributed by atoms with Crippen molar-refractivity contribution in [2.24, 2.45) is 11.1 Å². The first-order valence-electron chi connectivity index (χ1n) is 21.8. The summed E-state index contributed by atoms with van der Waals surface area (Å²) in [4.78, 5) is 50.4. The molecular formula is C43H91N11O3. The van der Waals surface area contributed by atoms with Gasteiger partial charge in [-0.2, -0.15) is 0 Å². The van der Waals surface area contributed by atoms with Crippen LogP contribution in [0.15, 0.2) is 0 Å². The summed E-state index contributed by atoms with van der Waals surface area (Å²) in [5.41, 5.74) is 4.30. The van der Waals surface area contributed by atoms with E-state index in [0.29, 0.717) is 24.7 Å². The molecule has 3 aliphatic rings. The Kier molecular flexibility index (Phi) is 22.7. The van der Waals surface area contributed by atoms with E-state index in [0.717, 1.165) is 104 Å². The van der Waals surface area contributed by atoms with Gasteiger partial charge >= 0.3 is 0 Å². The van der Waals surface area contributed by atoms with Crippen LogP contribution < -0.4 is 27.0 Å². The molecular weight excluding hydrogens is 719 g/mol. The number of carbonyl (C=O) groups is 3. The van der Waals surface area contributed by atoms with Crippen molar-refractivity contribution in [3.05, 3.63) is 0 Å². The number of nitrogens with one attached hydrogen (secondary N) is 4. The fourth-order valence-electron chi connectivity index (χ4n) is 8.47. The van der Waals surface area contributed by atoms with Gasteiger partial charge in [-0.05, 0) is 148 Å². The van der Waals surface area contributed by atoms with Crippen molar-refractivity contribution >= 4 is 17.7 Å². The lowest BCUT2D eigenvalue weighted by atomic mass is 9.85. The van der Waals surface area contributed by atoms with Crippen LogP contribution >= 0.6 is 0 Å². The lowest BCUT2D eigenvalue weighted by molar-refractivity contribution is -0.139. The third-order valence-electron chi connectivity index (χ3n) is 11.4. The van der Waals surface area contributed by atoms with Gasteiger partial charge in [0, 0.05) is 84.1 Å². The van der Waals surface area contributed by atoms with Crippen molar-refractivity contribution in [2.75, 3.05) is 122 Å². The highest BCUT2D eigenvalue weighted by Crippen LogP contribution is 2.26. The lowest BCUT2D eigenvalue weighted by Gasteiger charge is -2.43. The monoisotopic (exact) mass is 810 g/mol. The summed E-state index contributed by atoms with van der Waals surface area (Å²) in [6, 6.07) is 0.933. The Hall–Kier alpha value is -1.91. The normalized spacial score (nSPS) is 20.2. The first kappa shape index (κ1) is 53.1. The number of primary amides is 1. The minimum absolute atomic E-state index is 0.0731. The summed E-state index contributed by atoms with van der Waals surface area (Å²) < 4.78 is 0. The minimum Gasteiger partial charge on any atom is -0.368 e. The van der Waals surface area contributed by atoms with Gasteiger partial charge in [0.15, 0.2) is 0 Å². The molecule has 3 heterocycles. The van der Waals surface area contributed by atoms with Gasteiger partial charge in [-0.3, -0.25) is 14.4 Å². The molecule has 6 N–H and O–H groups in total. The van der Waals surface area contributed by atoms with Gasteiger partial charge in [-0.25, -0.2) is 0 Å². The minimum atomic E-state index is -0.472. The van der Waals surface area contributed by atoms with E-state index in [-0.39, 0.29) is 28.7 Å². The van der Waals surface area contributed by atoms with Gasteiger partial charge in [0.1, 0.15) is 16.6 Å². The van der Waals surface area contributed by atoms with Crippen LogP contribution in [0.3, 0.4) is 0 Å².